The van der Waals surface area contributed by atoms with Gasteiger partial charge >= 0.3 is 0 Å². The first-order valence-corrected chi connectivity index (χ1v) is 9.52. The van der Waals surface area contributed by atoms with Gasteiger partial charge in [-0.2, -0.15) is 0 Å². The molecule has 5 nitrogen and oxygen atoms in total. The van der Waals surface area contributed by atoms with Crippen molar-refractivity contribution in [1.29, 1.82) is 0 Å². The Kier molecular flexibility index (Phi) is 5.81. The Morgan fingerprint density at radius 1 is 1.22 bits per heavy atom. The lowest BCUT2D eigenvalue weighted by atomic mass is 9.89. The maximum atomic E-state index is 5.35. The van der Waals surface area contributed by atoms with E-state index in [2.05, 4.69) is 29.0 Å². The van der Waals surface area contributed by atoms with Crippen LogP contribution in [0.1, 0.15) is 39.5 Å². The summed E-state index contributed by atoms with van der Waals surface area (Å²) in [6.07, 6.45) is 5.51. The molecule has 0 amide bonds. The van der Waals surface area contributed by atoms with Crippen molar-refractivity contribution in [3.63, 3.8) is 0 Å². The number of ether oxygens (including phenoxy) is 1. The summed E-state index contributed by atoms with van der Waals surface area (Å²) in [6, 6.07) is 0. The average molecular weight is 322 g/mol. The van der Waals surface area contributed by atoms with Crippen LogP contribution in [0.3, 0.4) is 0 Å². The number of nitrogens with one attached hydrogen (secondary N) is 1. The van der Waals surface area contributed by atoms with Gasteiger partial charge in [-0.05, 0) is 45.2 Å². The molecule has 0 radical (unpaired) electrons. The van der Waals surface area contributed by atoms with Crippen LogP contribution in [-0.2, 0) is 4.74 Å². The van der Waals surface area contributed by atoms with E-state index in [1.165, 1.54) is 45.3 Å². The molecular formula is C18H34N4O. The van der Waals surface area contributed by atoms with Crippen LogP contribution in [0.4, 0.5) is 0 Å². The standard InChI is InChI=1S/C18H34N4O/c1-3-19-17(20-13-18(2)14-23-15-18)22-10-7-16(12-22)11-21-8-5-4-6-9-21/h16H,3-15H2,1-2H3,(H,19,20). The lowest BCUT2D eigenvalue weighted by molar-refractivity contribution is -0.0945. The quantitative estimate of drug-likeness (QED) is 0.619. The van der Waals surface area contributed by atoms with E-state index in [4.69, 9.17) is 9.73 Å². The highest BCUT2D eigenvalue weighted by Gasteiger charge is 2.34. The molecule has 23 heavy (non-hydrogen) atoms. The van der Waals surface area contributed by atoms with Crippen molar-refractivity contribution in [2.45, 2.75) is 39.5 Å². The fourth-order valence-electron chi connectivity index (χ4n) is 3.91. The first kappa shape index (κ1) is 17.0. The van der Waals surface area contributed by atoms with E-state index < -0.39 is 0 Å². The Balaban J connectivity index is 1.50. The minimum atomic E-state index is 0.258. The molecule has 0 aromatic rings. The van der Waals surface area contributed by atoms with E-state index in [0.717, 1.165) is 51.3 Å². The minimum absolute atomic E-state index is 0.258. The number of hydrogen-bond donors (Lipinski definition) is 1. The SMILES string of the molecule is CCNC(=NCC1(C)COC1)N1CCC(CN2CCCCC2)C1. The van der Waals surface area contributed by atoms with Crippen molar-refractivity contribution in [1.82, 2.24) is 15.1 Å². The van der Waals surface area contributed by atoms with Crippen molar-refractivity contribution >= 4 is 5.96 Å². The van der Waals surface area contributed by atoms with Gasteiger partial charge in [0.05, 0.1) is 19.8 Å². The van der Waals surface area contributed by atoms with Crippen LogP contribution in [0.25, 0.3) is 0 Å². The Labute approximate surface area is 141 Å². The van der Waals surface area contributed by atoms with E-state index in [1.54, 1.807) is 0 Å². The molecule has 3 fully saturated rings. The second-order valence-corrected chi connectivity index (χ2v) is 7.94. The highest BCUT2D eigenvalue weighted by atomic mass is 16.5. The summed E-state index contributed by atoms with van der Waals surface area (Å²) >= 11 is 0. The fraction of sp³-hybridized carbons (Fsp3) is 0.944. The van der Waals surface area contributed by atoms with Gasteiger partial charge in [-0.25, -0.2) is 0 Å². The summed E-state index contributed by atoms with van der Waals surface area (Å²) in [6.45, 7) is 14.2. The molecule has 0 aliphatic carbocycles. The number of rotatable bonds is 5. The van der Waals surface area contributed by atoms with Crippen LogP contribution in [0.2, 0.25) is 0 Å². The molecule has 3 heterocycles. The molecule has 1 N–H and O–H groups in total. The predicted molar refractivity (Wildman–Crippen MR) is 94.9 cm³/mol. The van der Waals surface area contributed by atoms with E-state index >= 15 is 0 Å². The predicted octanol–water partition coefficient (Wildman–Crippen LogP) is 1.80. The van der Waals surface area contributed by atoms with Crippen LogP contribution in [-0.4, -0.2) is 74.8 Å². The number of piperidine rings is 1. The third-order valence-electron chi connectivity index (χ3n) is 5.40. The van der Waals surface area contributed by atoms with Gasteiger partial charge in [-0.3, -0.25) is 4.99 Å². The number of likely N-dealkylation sites (tertiary alicyclic amines) is 2. The first-order valence-electron chi connectivity index (χ1n) is 9.52. The van der Waals surface area contributed by atoms with Crippen molar-refractivity contribution in [3.8, 4) is 0 Å². The third-order valence-corrected chi connectivity index (χ3v) is 5.40. The Morgan fingerprint density at radius 3 is 2.65 bits per heavy atom. The molecule has 3 saturated heterocycles. The zero-order chi connectivity index (χ0) is 16.1. The van der Waals surface area contributed by atoms with Crippen LogP contribution in [0.15, 0.2) is 4.99 Å². The molecule has 0 spiro atoms. The van der Waals surface area contributed by atoms with Crippen molar-refractivity contribution < 1.29 is 4.74 Å². The molecule has 0 saturated carbocycles. The molecule has 0 aromatic carbocycles. The Hall–Kier alpha value is -0.810. The second kappa shape index (κ2) is 7.84. The smallest absolute Gasteiger partial charge is 0.193 e. The third kappa shape index (κ3) is 4.60. The summed E-state index contributed by atoms with van der Waals surface area (Å²) in [5, 5.41) is 3.49. The number of hydrogen-bond acceptors (Lipinski definition) is 3. The minimum Gasteiger partial charge on any atom is -0.380 e. The number of aliphatic imine (C=N–C) groups is 1. The summed E-state index contributed by atoms with van der Waals surface area (Å²) in [7, 11) is 0. The topological polar surface area (TPSA) is 40.1 Å². The average Bonchev–Trinajstić information content (AvgIpc) is 2.99. The Bertz CT molecular complexity index is 402. The molecule has 0 bridgehead atoms. The first-order chi connectivity index (χ1) is 11.2. The van der Waals surface area contributed by atoms with Gasteiger partial charge in [0.2, 0.25) is 0 Å². The van der Waals surface area contributed by atoms with Gasteiger partial charge in [-0.15, -0.1) is 0 Å². The van der Waals surface area contributed by atoms with Crippen molar-refractivity contribution in [2.75, 3.05) is 59.0 Å². The molecule has 1 atom stereocenters. The van der Waals surface area contributed by atoms with E-state index in [0.29, 0.717) is 0 Å². The van der Waals surface area contributed by atoms with Gasteiger partial charge in [0.1, 0.15) is 0 Å². The normalized spacial score (nSPS) is 28.7. The lowest BCUT2D eigenvalue weighted by Gasteiger charge is -2.37. The molecule has 3 aliphatic heterocycles. The van der Waals surface area contributed by atoms with E-state index in [1.807, 2.05) is 0 Å². The lowest BCUT2D eigenvalue weighted by Crippen LogP contribution is -2.45. The molecule has 132 valence electrons. The maximum Gasteiger partial charge on any atom is 0.193 e. The van der Waals surface area contributed by atoms with Crippen LogP contribution in [0.5, 0.6) is 0 Å². The largest absolute Gasteiger partial charge is 0.380 e. The summed E-state index contributed by atoms with van der Waals surface area (Å²) < 4.78 is 5.35. The van der Waals surface area contributed by atoms with Crippen LogP contribution >= 0.6 is 0 Å². The molecule has 3 rings (SSSR count). The Morgan fingerprint density at radius 2 is 2.00 bits per heavy atom. The second-order valence-electron chi connectivity index (χ2n) is 7.94. The highest BCUT2D eigenvalue weighted by Crippen LogP contribution is 2.27. The van der Waals surface area contributed by atoms with E-state index in [-0.39, 0.29) is 5.41 Å². The van der Waals surface area contributed by atoms with Gasteiger partial charge in [0.15, 0.2) is 5.96 Å². The molecule has 5 heteroatoms. The van der Waals surface area contributed by atoms with Gasteiger partial charge < -0.3 is 19.9 Å². The van der Waals surface area contributed by atoms with E-state index in [9.17, 15) is 0 Å². The zero-order valence-corrected chi connectivity index (χ0v) is 15.0. The number of nitrogens with zero attached hydrogens (tertiary/aromatic N) is 3. The molecule has 1 unspecified atom stereocenters. The summed E-state index contributed by atoms with van der Waals surface area (Å²) in [4.78, 5) is 10.1. The van der Waals surface area contributed by atoms with Crippen LogP contribution < -0.4 is 5.32 Å². The number of guanidine groups is 1. The van der Waals surface area contributed by atoms with Gasteiger partial charge in [0, 0.05) is 31.6 Å². The zero-order valence-electron chi connectivity index (χ0n) is 15.0. The molecule has 3 aliphatic rings. The maximum absolute atomic E-state index is 5.35. The highest BCUT2D eigenvalue weighted by molar-refractivity contribution is 5.80. The van der Waals surface area contributed by atoms with Gasteiger partial charge in [-0.1, -0.05) is 13.3 Å². The molecular weight excluding hydrogens is 288 g/mol. The van der Waals surface area contributed by atoms with Crippen LogP contribution in [0, 0.1) is 11.3 Å². The molecule has 0 aromatic heterocycles. The summed E-state index contributed by atoms with van der Waals surface area (Å²) in [5.74, 6) is 1.92. The fourth-order valence-corrected chi connectivity index (χ4v) is 3.91. The monoisotopic (exact) mass is 322 g/mol. The van der Waals surface area contributed by atoms with Gasteiger partial charge in [0.25, 0.3) is 0 Å². The van der Waals surface area contributed by atoms with Crippen molar-refractivity contribution in [2.24, 2.45) is 16.3 Å². The summed E-state index contributed by atoms with van der Waals surface area (Å²) in [5.41, 5.74) is 0.258. The van der Waals surface area contributed by atoms with Crippen molar-refractivity contribution in [3.05, 3.63) is 0 Å².